The Balaban J connectivity index is 1.74. The molecule has 2 rings (SSSR count). The molecule has 2 aromatic rings. The number of anilines is 1. The van der Waals surface area contributed by atoms with E-state index in [4.69, 9.17) is 17.0 Å². The van der Waals surface area contributed by atoms with E-state index in [2.05, 4.69) is 27.8 Å². The summed E-state index contributed by atoms with van der Waals surface area (Å²) >= 11 is 5.26. The van der Waals surface area contributed by atoms with Crippen LogP contribution < -0.4 is 10.6 Å². The molecule has 2 heterocycles. The van der Waals surface area contributed by atoms with E-state index >= 15 is 0 Å². The van der Waals surface area contributed by atoms with Crippen LogP contribution in [0.5, 0.6) is 0 Å². The van der Waals surface area contributed by atoms with Crippen LogP contribution in [-0.4, -0.2) is 44.4 Å². The highest BCUT2D eigenvalue weighted by Gasteiger charge is 2.03. The summed E-state index contributed by atoms with van der Waals surface area (Å²) in [6.45, 7) is 7.90. The highest BCUT2D eigenvalue weighted by Crippen LogP contribution is 2.07. The van der Waals surface area contributed by atoms with Crippen LogP contribution in [0.25, 0.3) is 0 Å². The molecule has 0 amide bonds. The van der Waals surface area contributed by atoms with Crippen molar-refractivity contribution in [3.63, 3.8) is 0 Å². The molecule has 7 nitrogen and oxygen atoms in total. The van der Waals surface area contributed by atoms with E-state index in [9.17, 15) is 0 Å². The summed E-state index contributed by atoms with van der Waals surface area (Å²) in [5.41, 5.74) is 1.99. The second kappa shape index (κ2) is 9.26. The fourth-order valence-electron chi connectivity index (χ4n) is 2.06. The molecular weight excluding hydrogens is 312 g/mol. The first kappa shape index (κ1) is 17.4. The molecule has 0 atom stereocenters. The van der Waals surface area contributed by atoms with Crippen LogP contribution in [0.2, 0.25) is 0 Å². The van der Waals surface area contributed by atoms with Gasteiger partial charge in [0, 0.05) is 44.3 Å². The maximum atomic E-state index is 5.28. The molecule has 0 saturated carbocycles. The molecule has 0 radical (unpaired) electrons. The van der Waals surface area contributed by atoms with E-state index in [0.29, 0.717) is 11.7 Å². The van der Waals surface area contributed by atoms with E-state index in [1.54, 1.807) is 6.20 Å². The Morgan fingerprint density at radius 2 is 2.04 bits per heavy atom. The fourth-order valence-corrected chi connectivity index (χ4v) is 2.28. The molecule has 2 N–H and O–H groups in total. The Bertz CT molecular complexity index is 609. The summed E-state index contributed by atoms with van der Waals surface area (Å²) < 4.78 is 9.04. The molecule has 23 heavy (non-hydrogen) atoms. The van der Waals surface area contributed by atoms with E-state index in [1.165, 1.54) is 0 Å². The van der Waals surface area contributed by atoms with Crippen LogP contribution in [-0.2, 0) is 17.8 Å². The standard InChI is InChI=1S/C15H24N6OS/c1-3-20-10-13(8-17-20)11-21-12-14(9-18-21)19-15(23)16-6-5-7-22-4-2/h8-10,12H,3-7,11H2,1-2H3,(H2,16,19,23). The van der Waals surface area contributed by atoms with Gasteiger partial charge in [0.1, 0.15) is 0 Å². The molecule has 0 bridgehead atoms. The van der Waals surface area contributed by atoms with Crippen molar-refractivity contribution >= 4 is 23.0 Å². The molecular formula is C15H24N6OS. The third kappa shape index (κ3) is 5.99. The Kier molecular flexibility index (Phi) is 7.02. The zero-order valence-corrected chi connectivity index (χ0v) is 14.5. The van der Waals surface area contributed by atoms with Gasteiger partial charge in [0.25, 0.3) is 0 Å². The smallest absolute Gasteiger partial charge is 0.170 e. The fraction of sp³-hybridized carbons (Fsp3) is 0.533. The van der Waals surface area contributed by atoms with Crippen molar-refractivity contribution in [1.82, 2.24) is 24.9 Å². The molecule has 0 saturated heterocycles. The minimum atomic E-state index is 0.597. The number of hydrogen-bond donors (Lipinski definition) is 2. The number of aryl methyl sites for hydroxylation is 1. The molecule has 126 valence electrons. The molecule has 8 heteroatoms. The molecule has 0 aromatic carbocycles. The minimum Gasteiger partial charge on any atom is -0.382 e. The largest absolute Gasteiger partial charge is 0.382 e. The van der Waals surface area contributed by atoms with Gasteiger partial charge in [0.05, 0.1) is 24.6 Å². The lowest BCUT2D eigenvalue weighted by molar-refractivity contribution is 0.146. The molecule has 0 aliphatic carbocycles. The molecule has 0 fully saturated rings. The Morgan fingerprint density at radius 1 is 1.22 bits per heavy atom. The molecule has 0 aliphatic heterocycles. The number of nitrogens with zero attached hydrogens (tertiary/aromatic N) is 4. The minimum absolute atomic E-state index is 0.597. The van der Waals surface area contributed by atoms with Gasteiger partial charge in [-0.05, 0) is 32.5 Å². The third-order valence-corrected chi connectivity index (χ3v) is 3.45. The Morgan fingerprint density at radius 3 is 2.78 bits per heavy atom. The van der Waals surface area contributed by atoms with Crippen molar-refractivity contribution in [3.8, 4) is 0 Å². The first-order valence-corrected chi connectivity index (χ1v) is 8.28. The number of ether oxygens (including phenoxy) is 1. The first-order valence-electron chi connectivity index (χ1n) is 7.87. The summed E-state index contributed by atoms with van der Waals surface area (Å²) in [6, 6.07) is 0. The monoisotopic (exact) mass is 336 g/mol. The SMILES string of the molecule is CCOCCCNC(=S)Nc1cnn(Cc2cnn(CC)c2)c1. The second-order valence-electron chi connectivity index (χ2n) is 5.06. The van der Waals surface area contributed by atoms with Crippen LogP contribution in [0.1, 0.15) is 25.8 Å². The summed E-state index contributed by atoms with van der Waals surface area (Å²) in [7, 11) is 0. The van der Waals surface area contributed by atoms with Crippen molar-refractivity contribution in [2.45, 2.75) is 33.4 Å². The van der Waals surface area contributed by atoms with Gasteiger partial charge in [-0.2, -0.15) is 10.2 Å². The lowest BCUT2D eigenvalue weighted by Gasteiger charge is -2.08. The highest BCUT2D eigenvalue weighted by molar-refractivity contribution is 7.80. The zero-order valence-electron chi connectivity index (χ0n) is 13.7. The number of hydrogen-bond acceptors (Lipinski definition) is 4. The maximum absolute atomic E-state index is 5.28. The quantitative estimate of drug-likeness (QED) is 0.538. The number of rotatable bonds is 9. The second-order valence-corrected chi connectivity index (χ2v) is 5.47. The van der Waals surface area contributed by atoms with Gasteiger partial charge in [0.15, 0.2) is 5.11 Å². The molecule has 0 unspecified atom stereocenters. The van der Waals surface area contributed by atoms with Gasteiger partial charge in [0.2, 0.25) is 0 Å². The van der Waals surface area contributed by atoms with Gasteiger partial charge < -0.3 is 15.4 Å². The third-order valence-electron chi connectivity index (χ3n) is 3.20. The van der Waals surface area contributed by atoms with Crippen molar-refractivity contribution in [2.24, 2.45) is 0 Å². The van der Waals surface area contributed by atoms with Crippen LogP contribution in [0, 0.1) is 0 Å². The lowest BCUT2D eigenvalue weighted by Crippen LogP contribution is -2.29. The Labute approximate surface area is 142 Å². The Hall–Kier alpha value is -1.93. The zero-order chi connectivity index (χ0) is 16.5. The predicted molar refractivity (Wildman–Crippen MR) is 94.6 cm³/mol. The summed E-state index contributed by atoms with van der Waals surface area (Å²) in [4.78, 5) is 0. The van der Waals surface area contributed by atoms with Crippen molar-refractivity contribution < 1.29 is 4.74 Å². The first-order chi connectivity index (χ1) is 11.2. The van der Waals surface area contributed by atoms with Crippen LogP contribution in [0.3, 0.4) is 0 Å². The van der Waals surface area contributed by atoms with Crippen molar-refractivity contribution in [3.05, 3.63) is 30.4 Å². The topological polar surface area (TPSA) is 68.9 Å². The normalized spacial score (nSPS) is 10.7. The van der Waals surface area contributed by atoms with Gasteiger partial charge in [-0.1, -0.05) is 0 Å². The van der Waals surface area contributed by atoms with Gasteiger partial charge in [-0.15, -0.1) is 0 Å². The van der Waals surface area contributed by atoms with Crippen molar-refractivity contribution in [2.75, 3.05) is 25.1 Å². The van der Waals surface area contributed by atoms with E-state index in [0.717, 1.165) is 44.0 Å². The predicted octanol–water partition coefficient (Wildman–Crippen LogP) is 1.86. The highest BCUT2D eigenvalue weighted by atomic mass is 32.1. The summed E-state index contributed by atoms with van der Waals surface area (Å²) in [6.07, 6.45) is 8.51. The average molecular weight is 336 g/mol. The van der Waals surface area contributed by atoms with Crippen LogP contribution in [0.4, 0.5) is 5.69 Å². The number of aromatic nitrogens is 4. The van der Waals surface area contributed by atoms with Gasteiger partial charge in [-0.25, -0.2) is 0 Å². The van der Waals surface area contributed by atoms with E-state index < -0.39 is 0 Å². The molecule has 0 spiro atoms. The maximum Gasteiger partial charge on any atom is 0.170 e. The molecule has 0 aliphatic rings. The number of nitrogens with one attached hydrogen (secondary N) is 2. The average Bonchev–Trinajstić information content (AvgIpc) is 3.17. The number of thiocarbonyl (C=S) groups is 1. The van der Waals surface area contributed by atoms with E-state index in [1.807, 2.05) is 34.9 Å². The van der Waals surface area contributed by atoms with Gasteiger partial charge in [-0.3, -0.25) is 9.36 Å². The molecule has 2 aromatic heterocycles. The van der Waals surface area contributed by atoms with Gasteiger partial charge >= 0.3 is 0 Å². The lowest BCUT2D eigenvalue weighted by atomic mass is 10.4. The van der Waals surface area contributed by atoms with Crippen molar-refractivity contribution in [1.29, 1.82) is 0 Å². The van der Waals surface area contributed by atoms with Crippen LogP contribution >= 0.6 is 12.2 Å². The van der Waals surface area contributed by atoms with Crippen LogP contribution in [0.15, 0.2) is 24.8 Å². The summed E-state index contributed by atoms with van der Waals surface area (Å²) in [5, 5.41) is 15.5. The summed E-state index contributed by atoms with van der Waals surface area (Å²) in [5.74, 6) is 0. The van der Waals surface area contributed by atoms with E-state index in [-0.39, 0.29) is 0 Å².